The van der Waals surface area contributed by atoms with Gasteiger partial charge in [-0.15, -0.1) is 10.2 Å². The van der Waals surface area contributed by atoms with Gasteiger partial charge in [0.25, 0.3) is 5.91 Å². The molecule has 1 atom stereocenters. The van der Waals surface area contributed by atoms with Crippen LogP contribution in [0.2, 0.25) is 0 Å². The molecule has 4 rings (SSSR count). The number of nitrogens with two attached hydrogens (primary N) is 1. The van der Waals surface area contributed by atoms with Gasteiger partial charge in [0.1, 0.15) is 11.3 Å². The second-order valence-corrected chi connectivity index (χ2v) is 8.34. The summed E-state index contributed by atoms with van der Waals surface area (Å²) in [7, 11) is 0. The number of azo groups is 1. The number of Topliss-reactive ketones (excluding diaryl/α,β-unsaturated/α-hetero) is 1. The molecule has 3 aromatic carbocycles. The second-order valence-electron chi connectivity index (χ2n) is 7.59. The first-order valence-electron chi connectivity index (χ1n) is 10.4. The molecule has 0 aliphatic heterocycles. The highest BCUT2D eigenvalue weighted by molar-refractivity contribution is 7.10. The summed E-state index contributed by atoms with van der Waals surface area (Å²) in [5, 5.41) is 21.2. The number of aromatic nitrogens is 1. The highest BCUT2D eigenvalue weighted by Crippen LogP contribution is 2.42. The lowest BCUT2D eigenvalue weighted by molar-refractivity contribution is 0.0953. The number of carbonyl (C=O) groups excluding carboxylic acids is 2. The third-order valence-corrected chi connectivity index (χ3v) is 6.34. The topological polar surface area (TPSA) is 118 Å². The predicted molar refractivity (Wildman–Crippen MR) is 129 cm³/mol. The van der Waals surface area contributed by atoms with Crippen LogP contribution in [0.15, 0.2) is 70.9 Å². The van der Waals surface area contributed by atoms with Crippen molar-refractivity contribution in [1.29, 1.82) is 0 Å². The Balaban J connectivity index is 1.85. The molecule has 7 nitrogen and oxygen atoms in total. The van der Waals surface area contributed by atoms with Gasteiger partial charge >= 0.3 is 0 Å². The van der Waals surface area contributed by atoms with Gasteiger partial charge in [-0.25, -0.2) is 0 Å². The monoisotopic (exact) mass is 458 g/mol. The van der Waals surface area contributed by atoms with Crippen LogP contribution in [0, 0.1) is 6.92 Å². The van der Waals surface area contributed by atoms with Crippen molar-refractivity contribution in [2.24, 2.45) is 16.0 Å². The van der Waals surface area contributed by atoms with E-state index < -0.39 is 11.8 Å². The summed E-state index contributed by atoms with van der Waals surface area (Å²) < 4.78 is 4.12. The maximum absolute atomic E-state index is 13.5. The summed E-state index contributed by atoms with van der Waals surface area (Å²) in [6, 6.07) is 18.5. The zero-order valence-corrected chi connectivity index (χ0v) is 19.0. The zero-order valence-electron chi connectivity index (χ0n) is 18.1. The lowest BCUT2D eigenvalue weighted by Gasteiger charge is -2.16. The fraction of sp³-hybridized carbons (Fsp3) is 0.160. The van der Waals surface area contributed by atoms with Crippen LogP contribution in [0.1, 0.15) is 51.2 Å². The summed E-state index contributed by atoms with van der Waals surface area (Å²) >= 11 is 0.991. The maximum atomic E-state index is 13.5. The van der Waals surface area contributed by atoms with Crippen molar-refractivity contribution < 1.29 is 14.7 Å². The van der Waals surface area contributed by atoms with Gasteiger partial charge in [0.15, 0.2) is 16.5 Å². The summed E-state index contributed by atoms with van der Waals surface area (Å²) in [6.07, 6.45) is 0.577. The van der Waals surface area contributed by atoms with Crippen molar-refractivity contribution in [3.05, 3.63) is 83.0 Å². The molecule has 0 aliphatic carbocycles. The predicted octanol–water partition coefficient (Wildman–Crippen LogP) is 6.20. The van der Waals surface area contributed by atoms with E-state index in [9.17, 15) is 14.7 Å². The molecule has 0 bridgehead atoms. The normalized spacial score (nSPS) is 12.3. The van der Waals surface area contributed by atoms with Crippen molar-refractivity contribution in [3.8, 4) is 5.75 Å². The number of hydrogen-bond donors (Lipinski definition) is 2. The SMILES string of the molecule is CCC(C(=O)c1cc2ccccc2c(N=Nc2snc(C)c2C(N)=O)c1O)c1ccccc1. The van der Waals surface area contributed by atoms with E-state index in [4.69, 9.17) is 5.73 Å². The van der Waals surface area contributed by atoms with Crippen LogP contribution >= 0.6 is 11.5 Å². The Morgan fingerprint density at radius 2 is 1.79 bits per heavy atom. The summed E-state index contributed by atoms with van der Waals surface area (Å²) in [5.74, 6) is -1.51. The van der Waals surface area contributed by atoms with Crippen LogP contribution in [0.25, 0.3) is 10.8 Å². The number of phenolic OH excluding ortho intramolecular Hbond substituents is 1. The van der Waals surface area contributed by atoms with Crippen LogP contribution < -0.4 is 5.73 Å². The fourth-order valence-corrected chi connectivity index (χ4v) is 4.59. The number of primary amides is 1. The molecule has 1 aromatic heterocycles. The van der Waals surface area contributed by atoms with Gasteiger partial charge in [0.05, 0.1) is 11.3 Å². The quantitative estimate of drug-likeness (QED) is 0.253. The highest BCUT2D eigenvalue weighted by atomic mass is 32.1. The van der Waals surface area contributed by atoms with E-state index in [-0.39, 0.29) is 33.3 Å². The molecular weight excluding hydrogens is 436 g/mol. The van der Waals surface area contributed by atoms with E-state index in [0.29, 0.717) is 17.5 Å². The van der Waals surface area contributed by atoms with Gasteiger partial charge < -0.3 is 10.8 Å². The third kappa shape index (κ3) is 4.25. The van der Waals surface area contributed by atoms with Crippen LogP contribution in [0.4, 0.5) is 10.7 Å². The maximum Gasteiger partial charge on any atom is 0.253 e. The Kier molecular flexibility index (Phi) is 6.28. The van der Waals surface area contributed by atoms with Crippen LogP contribution in [-0.4, -0.2) is 21.2 Å². The fourth-order valence-electron chi connectivity index (χ4n) is 3.86. The first-order chi connectivity index (χ1) is 15.9. The van der Waals surface area contributed by atoms with Gasteiger partial charge in [-0.1, -0.05) is 61.5 Å². The molecule has 33 heavy (non-hydrogen) atoms. The minimum absolute atomic E-state index is 0.154. The van der Waals surface area contributed by atoms with E-state index >= 15 is 0 Å². The number of nitrogens with zero attached hydrogens (tertiary/aromatic N) is 3. The number of hydrogen-bond acceptors (Lipinski definition) is 7. The second kappa shape index (κ2) is 9.30. The molecule has 8 heteroatoms. The summed E-state index contributed by atoms with van der Waals surface area (Å²) in [5.41, 5.74) is 7.31. The summed E-state index contributed by atoms with van der Waals surface area (Å²) in [4.78, 5) is 25.3. The Bertz CT molecular complexity index is 1380. The number of ketones is 1. The van der Waals surface area contributed by atoms with Crippen molar-refractivity contribution in [1.82, 2.24) is 4.37 Å². The van der Waals surface area contributed by atoms with Crippen LogP contribution in [0.5, 0.6) is 5.75 Å². The van der Waals surface area contributed by atoms with Crippen molar-refractivity contribution in [3.63, 3.8) is 0 Å². The molecule has 0 fully saturated rings. The molecule has 0 saturated carbocycles. The number of phenols is 1. The molecule has 0 aliphatic rings. The molecule has 1 unspecified atom stereocenters. The average Bonchev–Trinajstić information content (AvgIpc) is 3.19. The van der Waals surface area contributed by atoms with Crippen molar-refractivity contribution in [2.45, 2.75) is 26.2 Å². The van der Waals surface area contributed by atoms with Gasteiger partial charge in [-0.05, 0) is 41.9 Å². The summed E-state index contributed by atoms with van der Waals surface area (Å²) in [6.45, 7) is 3.60. The Morgan fingerprint density at radius 3 is 2.48 bits per heavy atom. The molecule has 3 N–H and O–H groups in total. The molecule has 0 radical (unpaired) electrons. The van der Waals surface area contributed by atoms with Gasteiger partial charge in [0.2, 0.25) is 0 Å². The molecule has 166 valence electrons. The van der Waals surface area contributed by atoms with Crippen molar-refractivity contribution >= 4 is 44.7 Å². The minimum Gasteiger partial charge on any atom is -0.505 e. The van der Waals surface area contributed by atoms with Gasteiger partial charge in [-0.2, -0.15) is 4.37 Å². The van der Waals surface area contributed by atoms with E-state index in [2.05, 4.69) is 14.6 Å². The molecule has 1 heterocycles. The number of amides is 1. The Hall–Kier alpha value is -3.91. The molecule has 4 aromatic rings. The third-order valence-electron chi connectivity index (χ3n) is 5.52. The molecule has 1 amide bonds. The molecule has 0 spiro atoms. The van der Waals surface area contributed by atoms with Crippen LogP contribution in [-0.2, 0) is 0 Å². The van der Waals surface area contributed by atoms with E-state index in [0.717, 1.165) is 22.5 Å². The number of carbonyl (C=O) groups is 2. The number of fused-ring (bicyclic) bond motifs is 1. The van der Waals surface area contributed by atoms with E-state index in [1.807, 2.05) is 55.5 Å². The largest absolute Gasteiger partial charge is 0.505 e. The highest BCUT2D eigenvalue weighted by Gasteiger charge is 2.25. The Labute approximate surface area is 194 Å². The van der Waals surface area contributed by atoms with Crippen molar-refractivity contribution in [2.75, 3.05) is 0 Å². The smallest absolute Gasteiger partial charge is 0.253 e. The van der Waals surface area contributed by atoms with Crippen LogP contribution in [0.3, 0.4) is 0 Å². The number of aryl methyl sites for hydroxylation is 1. The Morgan fingerprint density at radius 1 is 1.09 bits per heavy atom. The first kappa shape index (κ1) is 22.3. The van der Waals surface area contributed by atoms with Gasteiger partial charge in [0, 0.05) is 11.3 Å². The number of benzene rings is 3. The van der Waals surface area contributed by atoms with E-state index in [1.165, 1.54) is 0 Å². The minimum atomic E-state index is -0.651. The average molecular weight is 459 g/mol. The van der Waals surface area contributed by atoms with Gasteiger partial charge in [-0.3, -0.25) is 9.59 Å². The standard InChI is InChI=1S/C25H22N4O3S/c1-3-17(15-9-5-4-6-10-15)22(30)19-13-16-11-7-8-12-18(16)21(23(19)31)27-28-25-20(24(26)32)14(2)29-33-25/h4-13,17,31H,3H2,1-2H3,(H2,26,32). The number of rotatable bonds is 7. The first-order valence-corrected chi connectivity index (χ1v) is 11.2. The number of aromatic hydroxyl groups is 1. The lowest BCUT2D eigenvalue weighted by Crippen LogP contribution is -2.12. The molecule has 0 saturated heterocycles. The lowest BCUT2D eigenvalue weighted by atomic mass is 9.87. The molecular formula is C25H22N4O3S. The van der Waals surface area contributed by atoms with E-state index in [1.54, 1.807) is 19.1 Å². The zero-order chi connectivity index (χ0) is 23.5.